The SMILES string of the molecule is CCOc1ccccc1C(=O)CS(=O)c1ccc(Br)cc1. The van der Waals surface area contributed by atoms with E-state index in [0.29, 0.717) is 22.8 Å². The molecule has 3 nitrogen and oxygen atoms in total. The van der Waals surface area contributed by atoms with Crippen molar-refractivity contribution in [2.45, 2.75) is 11.8 Å². The lowest BCUT2D eigenvalue weighted by molar-refractivity contribution is 0.101. The molecule has 110 valence electrons. The number of halogens is 1. The van der Waals surface area contributed by atoms with Gasteiger partial charge in [-0.2, -0.15) is 0 Å². The van der Waals surface area contributed by atoms with Gasteiger partial charge in [0.25, 0.3) is 0 Å². The molecule has 2 rings (SSSR count). The molecule has 2 aromatic carbocycles. The molecule has 21 heavy (non-hydrogen) atoms. The first kappa shape index (κ1) is 15.9. The molecule has 0 spiro atoms. The van der Waals surface area contributed by atoms with Crippen LogP contribution in [-0.2, 0) is 10.8 Å². The van der Waals surface area contributed by atoms with Crippen molar-refractivity contribution in [1.82, 2.24) is 0 Å². The summed E-state index contributed by atoms with van der Waals surface area (Å²) in [6.45, 7) is 2.35. The van der Waals surface area contributed by atoms with E-state index >= 15 is 0 Å². The monoisotopic (exact) mass is 366 g/mol. The summed E-state index contributed by atoms with van der Waals surface area (Å²) >= 11 is 3.33. The Labute approximate surface area is 134 Å². The van der Waals surface area contributed by atoms with Crippen LogP contribution in [0, 0.1) is 0 Å². The molecule has 0 radical (unpaired) electrons. The summed E-state index contributed by atoms with van der Waals surface area (Å²) in [7, 11) is -1.36. The highest BCUT2D eigenvalue weighted by atomic mass is 79.9. The molecule has 0 fully saturated rings. The molecule has 0 aliphatic heterocycles. The van der Waals surface area contributed by atoms with Crippen LogP contribution in [0.25, 0.3) is 0 Å². The summed E-state index contributed by atoms with van der Waals surface area (Å²) in [6, 6.07) is 14.2. The van der Waals surface area contributed by atoms with Crippen molar-refractivity contribution in [2.75, 3.05) is 12.4 Å². The Balaban J connectivity index is 2.14. The number of hydrogen-bond donors (Lipinski definition) is 0. The molecule has 0 aromatic heterocycles. The van der Waals surface area contributed by atoms with Crippen molar-refractivity contribution >= 4 is 32.5 Å². The minimum atomic E-state index is -1.36. The molecule has 5 heteroatoms. The summed E-state index contributed by atoms with van der Waals surface area (Å²) in [5.41, 5.74) is 0.477. The van der Waals surface area contributed by atoms with Crippen LogP contribution in [0.5, 0.6) is 5.75 Å². The van der Waals surface area contributed by atoms with Gasteiger partial charge in [0.05, 0.1) is 28.7 Å². The summed E-state index contributed by atoms with van der Waals surface area (Å²) in [4.78, 5) is 12.9. The van der Waals surface area contributed by atoms with Crippen LogP contribution < -0.4 is 4.74 Å². The Morgan fingerprint density at radius 2 is 1.81 bits per heavy atom. The molecule has 2 aromatic rings. The van der Waals surface area contributed by atoms with Gasteiger partial charge in [0, 0.05) is 9.37 Å². The second-order valence-electron chi connectivity index (χ2n) is 4.30. The fourth-order valence-corrected chi connectivity index (χ4v) is 3.11. The molecule has 1 atom stereocenters. The minimum absolute atomic E-state index is 0.0499. The zero-order chi connectivity index (χ0) is 15.2. The highest BCUT2D eigenvalue weighted by molar-refractivity contribution is 9.10. The molecular weight excluding hydrogens is 352 g/mol. The molecule has 0 saturated carbocycles. The Kier molecular flexibility index (Phi) is 5.70. The van der Waals surface area contributed by atoms with Crippen LogP contribution in [0.3, 0.4) is 0 Å². The summed E-state index contributed by atoms with van der Waals surface area (Å²) in [5, 5.41) is 0. The van der Waals surface area contributed by atoms with Gasteiger partial charge >= 0.3 is 0 Å². The zero-order valence-corrected chi connectivity index (χ0v) is 13.9. The second-order valence-corrected chi connectivity index (χ2v) is 6.66. The molecule has 0 aliphatic rings. The highest BCUT2D eigenvalue weighted by Gasteiger charge is 2.16. The van der Waals surface area contributed by atoms with Crippen molar-refractivity contribution in [3.8, 4) is 5.75 Å². The van der Waals surface area contributed by atoms with Gasteiger partial charge in [-0.15, -0.1) is 0 Å². The normalized spacial score (nSPS) is 11.9. The minimum Gasteiger partial charge on any atom is -0.493 e. The zero-order valence-electron chi connectivity index (χ0n) is 11.5. The number of carbonyl (C=O) groups is 1. The maximum atomic E-state index is 12.3. The lowest BCUT2D eigenvalue weighted by Gasteiger charge is -2.09. The lowest BCUT2D eigenvalue weighted by atomic mass is 10.1. The number of rotatable bonds is 6. The van der Waals surface area contributed by atoms with Crippen molar-refractivity contribution in [1.29, 1.82) is 0 Å². The van der Waals surface area contributed by atoms with E-state index in [9.17, 15) is 9.00 Å². The maximum Gasteiger partial charge on any atom is 0.179 e. The molecule has 0 heterocycles. The van der Waals surface area contributed by atoms with Crippen molar-refractivity contribution < 1.29 is 13.7 Å². The maximum absolute atomic E-state index is 12.3. The van der Waals surface area contributed by atoms with Crippen molar-refractivity contribution in [3.05, 3.63) is 58.6 Å². The molecule has 0 amide bonds. The van der Waals surface area contributed by atoms with Gasteiger partial charge in [-0.3, -0.25) is 9.00 Å². The van der Waals surface area contributed by atoms with Gasteiger partial charge < -0.3 is 4.74 Å². The van der Waals surface area contributed by atoms with Crippen LogP contribution in [-0.4, -0.2) is 22.4 Å². The Morgan fingerprint density at radius 1 is 1.14 bits per heavy atom. The molecule has 0 aliphatic carbocycles. The largest absolute Gasteiger partial charge is 0.493 e. The first-order chi connectivity index (χ1) is 10.1. The standard InChI is InChI=1S/C16H15BrO3S/c1-2-20-16-6-4-3-5-14(16)15(18)11-21(19)13-9-7-12(17)8-10-13/h3-10H,2,11H2,1H3. The molecule has 0 N–H and O–H groups in total. The van der Waals surface area contributed by atoms with Gasteiger partial charge in [0.15, 0.2) is 5.78 Å². The lowest BCUT2D eigenvalue weighted by Crippen LogP contribution is -2.12. The van der Waals surface area contributed by atoms with Crippen molar-refractivity contribution in [2.24, 2.45) is 0 Å². The van der Waals surface area contributed by atoms with Crippen molar-refractivity contribution in [3.63, 3.8) is 0 Å². The number of hydrogen-bond acceptors (Lipinski definition) is 3. The Bertz CT molecular complexity index is 653. The number of ketones is 1. The quantitative estimate of drug-likeness (QED) is 0.729. The average molecular weight is 367 g/mol. The predicted molar refractivity (Wildman–Crippen MR) is 87.4 cm³/mol. The third-order valence-electron chi connectivity index (χ3n) is 2.83. The molecule has 0 bridgehead atoms. The van der Waals surface area contributed by atoms with Gasteiger partial charge in [-0.05, 0) is 43.3 Å². The van der Waals surface area contributed by atoms with Crippen LogP contribution in [0.15, 0.2) is 57.9 Å². The van der Waals surface area contributed by atoms with E-state index < -0.39 is 10.8 Å². The van der Waals surface area contributed by atoms with E-state index in [1.165, 1.54) is 0 Å². The molecule has 1 unspecified atom stereocenters. The number of carbonyl (C=O) groups excluding carboxylic acids is 1. The first-order valence-corrected chi connectivity index (χ1v) is 8.62. The smallest absolute Gasteiger partial charge is 0.179 e. The van der Waals surface area contributed by atoms with Crippen LogP contribution in [0.4, 0.5) is 0 Å². The summed E-state index contributed by atoms with van der Waals surface area (Å²) in [6.07, 6.45) is 0. The third kappa shape index (κ3) is 4.25. The van der Waals surface area contributed by atoms with Gasteiger partial charge in [-0.1, -0.05) is 28.1 Å². The van der Waals surface area contributed by atoms with E-state index in [2.05, 4.69) is 15.9 Å². The van der Waals surface area contributed by atoms with Gasteiger partial charge in [0.2, 0.25) is 0 Å². The van der Waals surface area contributed by atoms with E-state index in [0.717, 1.165) is 4.47 Å². The fraction of sp³-hybridized carbons (Fsp3) is 0.188. The molecular formula is C16H15BrO3S. The van der Waals surface area contributed by atoms with E-state index in [-0.39, 0.29) is 11.5 Å². The Hall–Kier alpha value is -1.46. The van der Waals surface area contributed by atoms with Crippen LogP contribution in [0.1, 0.15) is 17.3 Å². The molecule has 0 saturated heterocycles. The number of ether oxygens (including phenoxy) is 1. The third-order valence-corrected chi connectivity index (χ3v) is 4.68. The fourth-order valence-electron chi connectivity index (χ4n) is 1.84. The highest BCUT2D eigenvalue weighted by Crippen LogP contribution is 2.20. The average Bonchev–Trinajstić information content (AvgIpc) is 2.48. The van der Waals surface area contributed by atoms with Gasteiger partial charge in [0.1, 0.15) is 5.75 Å². The second kappa shape index (κ2) is 7.52. The van der Waals surface area contributed by atoms with Crippen LogP contribution in [0.2, 0.25) is 0 Å². The Morgan fingerprint density at radius 3 is 2.48 bits per heavy atom. The number of benzene rings is 2. The number of Topliss-reactive ketones (excluding diaryl/α,β-unsaturated/α-hetero) is 1. The van der Waals surface area contributed by atoms with Gasteiger partial charge in [-0.25, -0.2) is 0 Å². The van der Waals surface area contributed by atoms with E-state index in [1.54, 1.807) is 30.3 Å². The van der Waals surface area contributed by atoms with Crippen LogP contribution >= 0.6 is 15.9 Å². The van der Waals surface area contributed by atoms with E-state index in [1.807, 2.05) is 25.1 Å². The van der Waals surface area contributed by atoms with E-state index in [4.69, 9.17) is 4.74 Å². The summed E-state index contributed by atoms with van der Waals surface area (Å²) in [5.74, 6) is 0.309. The predicted octanol–water partition coefficient (Wildman–Crippen LogP) is 3.84. The topological polar surface area (TPSA) is 43.4 Å². The summed E-state index contributed by atoms with van der Waals surface area (Å²) < 4.78 is 18.6. The first-order valence-electron chi connectivity index (χ1n) is 6.50. The number of para-hydroxylation sites is 1.